The minimum absolute atomic E-state index is 0.0198. The van der Waals surface area contributed by atoms with Crippen LogP contribution in [0, 0.1) is 11.7 Å². The van der Waals surface area contributed by atoms with Crippen molar-refractivity contribution in [2.45, 2.75) is 17.9 Å². The standard InChI is InChI=1S/C17H14F4N2O3S/c1-23-15(25)22-13(9-4-2-5-10(18)8-9)12(16(23,26)17(19,20)21)14(24)11-6-3-7-27-11/h2-8,12-13,26H,1H3,(H,22,25)/t12-,13+,16+/m1/s1. The van der Waals surface area contributed by atoms with E-state index in [4.69, 9.17) is 0 Å². The second-order valence-corrected chi connectivity index (χ2v) is 7.03. The number of benzene rings is 1. The fourth-order valence-corrected chi connectivity index (χ4v) is 3.86. The van der Waals surface area contributed by atoms with Crippen molar-refractivity contribution in [1.29, 1.82) is 0 Å². The van der Waals surface area contributed by atoms with E-state index in [1.807, 2.05) is 0 Å². The van der Waals surface area contributed by atoms with Gasteiger partial charge in [-0.2, -0.15) is 13.2 Å². The highest BCUT2D eigenvalue weighted by Crippen LogP contribution is 2.47. The average molecular weight is 402 g/mol. The van der Waals surface area contributed by atoms with Crippen LogP contribution in [0.25, 0.3) is 0 Å². The van der Waals surface area contributed by atoms with Crippen molar-refractivity contribution in [2.75, 3.05) is 7.05 Å². The fourth-order valence-electron chi connectivity index (χ4n) is 3.16. The molecule has 1 aliphatic heterocycles. The topological polar surface area (TPSA) is 69.6 Å². The first kappa shape index (κ1) is 19.3. The maximum atomic E-state index is 13.9. The first-order valence-corrected chi connectivity index (χ1v) is 8.62. The summed E-state index contributed by atoms with van der Waals surface area (Å²) >= 11 is 0.905. The lowest BCUT2D eigenvalue weighted by Gasteiger charge is -2.49. The summed E-state index contributed by atoms with van der Waals surface area (Å²) in [6.07, 6.45) is -5.33. The Kier molecular flexibility index (Phi) is 4.73. The zero-order valence-corrected chi connectivity index (χ0v) is 14.6. The molecule has 3 atom stereocenters. The van der Waals surface area contributed by atoms with Crippen LogP contribution < -0.4 is 5.32 Å². The molecule has 2 amide bonds. The van der Waals surface area contributed by atoms with Gasteiger partial charge in [-0.15, -0.1) is 11.3 Å². The molecule has 2 N–H and O–H groups in total. The zero-order chi connectivity index (χ0) is 20.0. The number of aliphatic hydroxyl groups is 1. The van der Waals surface area contributed by atoms with Crippen LogP contribution in [-0.2, 0) is 0 Å². The molecular weight excluding hydrogens is 388 g/mol. The molecule has 1 aromatic heterocycles. The monoisotopic (exact) mass is 402 g/mol. The Morgan fingerprint density at radius 1 is 1.30 bits per heavy atom. The van der Waals surface area contributed by atoms with Crippen molar-refractivity contribution in [2.24, 2.45) is 5.92 Å². The summed E-state index contributed by atoms with van der Waals surface area (Å²) in [5.74, 6) is -3.90. The van der Waals surface area contributed by atoms with Crippen LogP contribution in [0.15, 0.2) is 41.8 Å². The number of hydrogen-bond donors (Lipinski definition) is 2. The summed E-state index contributed by atoms with van der Waals surface area (Å²) < 4.78 is 55.3. The number of alkyl halides is 3. The number of nitrogens with one attached hydrogen (secondary N) is 1. The van der Waals surface area contributed by atoms with Crippen LogP contribution >= 0.6 is 11.3 Å². The van der Waals surface area contributed by atoms with Gasteiger partial charge in [-0.25, -0.2) is 9.18 Å². The molecule has 0 unspecified atom stereocenters. The Labute approximate surface area is 155 Å². The van der Waals surface area contributed by atoms with Crippen molar-refractivity contribution in [3.8, 4) is 0 Å². The number of carbonyl (C=O) groups is 2. The minimum atomic E-state index is -5.33. The number of ketones is 1. The van der Waals surface area contributed by atoms with Gasteiger partial charge < -0.3 is 10.4 Å². The van der Waals surface area contributed by atoms with E-state index in [1.54, 1.807) is 0 Å². The van der Waals surface area contributed by atoms with Gasteiger partial charge in [-0.1, -0.05) is 18.2 Å². The molecule has 27 heavy (non-hydrogen) atoms. The summed E-state index contributed by atoms with van der Waals surface area (Å²) in [4.78, 5) is 25.1. The molecule has 0 radical (unpaired) electrons. The molecule has 1 saturated heterocycles. The van der Waals surface area contributed by atoms with Gasteiger partial charge >= 0.3 is 12.2 Å². The molecule has 1 fully saturated rings. The Hall–Kier alpha value is -2.46. The third-order valence-electron chi connectivity index (χ3n) is 4.53. The smallest absolute Gasteiger partial charge is 0.363 e. The van der Waals surface area contributed by atoms with Crippen LogP contribution in [0.5, 0.6) is 0 Å². The third-order valence-corrected chi connectivity index (χ3v) is 5.42. The largest absolute Gasteiger partial charge is 0.437 e. The molecule has 0 spiro atoms. The van der Waals surface area contributed by atoms with Gasteiger partial charge in [-0.05, 0) is 29.1 Å². The molecule has 3 rings (SSSR count). The first-order valence-electron chi connectivity index (χ1n) is 7.74. The summed E-state index contributed by atoms with van der Waals surface area (Å²) in [7, 11) is 0.749. The van der Waals surface area contributed by atoms with Crippen molar-refractivity contribution < 1.29 is 32.3 Å². The van der Waals surface area contributed by atoms with Crippen LogP contribution in [-0.4, -0.2) is 40.8 Å². The number of halogens is 4. The maximum absolute atomic E-state index is 13.9. The van der Waals surface area contributed by atoms with Crippen LogP contribution in [0.4, 0.5) is 22.4 Å². The van der Waals surface area contributed by atoms with E-state index in [0.29, 0.717) is 0 Å². The highest BCUT2D eigenvalue weighted by Gasteiger charge is 2.69. The lowest BCUT2D eigenvalue weighted by atomic mass is 9.78. The molecule has 0 bridgehead atoms. The molecule has 5 nitrogen and oxygen atoms in total. The summed E-state index contributed by atoms with van der Waals surface area (Å²) in [6, 6.07) is 4.51. The maximum Gasteiger partial charge on any atom is 0.437 e. The predicted molar refractivity (Wildman–Crippen MR) is 88.6 cm³/mol. The number of carbonyl (C=O) groups excluding carboxylic acids is 2. The SMILES string of the molecule is CN1C(=O)N[C@@H](c2cccc(F)c2)[C@H](C(=O)c2cccs2)[C@]1(O)C(F)(F)F. The van der Waals surface area contributed by atoms with E-state index in [-0.39, 0.29) is 15.3 Å². The van der Waals surface area contributed by atoms with Gasteiger partial charge in [0, 0.05) is 7.05 Å². The molecule has 1 aromatic carbocycles. The van der Waals surface area contributed by atoms with Crippen molar-refractivity contribution in [1.82, 2.24) is 10.2 Å². The second-order valence-electron chi connectivity index (χ2n) is 6.08. The molecular formula is C17H14F4N2O3S. The average Bonchev–Trinajstić information content (AvgIpc) is 3.12. The number of nitrogens with zero attached hydrogens (tertiary/aromatic N) is 1. The number of thiophene rings is 1. The van der Waals surface area contributed by atoms with Crippen molar-refractivity contribution in [3.63, 3.8) is 0 Å². The fraction of sp³-hybridized carbons (Fsp3) is 0.294. The Morgan fingerprint density at radius 3 is 2.56 bits per heavy atom. The number of hydrogen-bond acceptors (Lipinski definition) is 4. The lowest BCUT2D eigenvalue weighted by molar-refractivity contribution is -0.322. The van der Waals surface area contributed by atoms with E-state index in [1.165, 1.54) is 29.6 Å². The Balaban J connectivity index is 2.21. The highest BCUT2D eigenvalue weighted by atomic mass is 32.1. The Bertz CT molecular complexity index is 871. The number of amides is 2. The third kappa shape index (κ3) is 3.08. The van der Waals surface area contributed by atoms with Crippen LogP contribution in [0.1, 0.15) is 21.3 Å². The predicted octanol–water partition coefficient (Wildman–Crippen LogP) is 3.33. The van der Waals surface area contributed by atoms with Gasteiger partial charge in [-0.3, -0.25) is 9.69 Å². The minimum Gasteiger partial charge on any atom is -0.363 e. The molecule has 0 aliphatic carbocycles. The van der Waals surface area contributed by atoms with Gasteiger partial charge in [0.15, 0.2) is 5.78 Å². The van der Waals surface area contributed by atoms with Gasteiger partial charge in [0.25, 0.3) is 5.72 Å². The summed E-state index contributed by atoms with van der Waals surface area (Å²) in [6.45, 7) is 0. The van der Waals surface area contributed by atoms with Gasteiger partial charge in [0.05, 0.1) is 10.9 Å². The molecule has 0 saturated carbocycles. The van der Waals surface area contributed by atoms with E-state index in [9.17, 15) is 32.3 Å². The zero-order valence-electron chi connectivity index (χ0n) is 13.8. The quantitative estimate of drug-likeness (QED) is 0.611. The van der Waals surface area contributed by atoms with Gasteiger partial charge in [0.2, 0.25) is 0 Å². The molecule has 2 heterocycles. The van der Waals surface area contributed by atoms with Crippen molar-refractivity contribution >= 4 is 23.2 Å². The van der Waals surface area contributed by atoms with E-state index in [0.717, 1.165) is 30.5 Å². The Morgan fingerprint density at radius 2 is 2.00 bits per heavy atom. The highest BCUT2D eigenvalue weighted by molar-refractivity contribution is 7.12. The van der Waals surface area contributed by atoms with Crippen molar-refractivity contribution in [3.05, 3.63) is 58.0 Å². The van der Waals surface area contributed by atoms with Gasteiger partial charge in [0.1, 0.15) is 11.7 Å². The molecule has 2 aromatic rings. The first-order chi connectivity index (χ1) is 12.6. The van der Waals surface area contributed by atoms with Crippen LogP contribution in [0.3, 0.4) is 0 Å². The molecule has 1 aliphatic rings. The number of rotatable bonds is 3. The summed E-state index contributed by atoms with van der Waals surface area (Å²) in [5.41, 5.74) is -3.83. The summed E-state index contributed by atoms with van der Waals surface area (Å²) in [5, 5.41) is 14.4. The number of Topliss-reactive ketones (excluding diaryl/α,β-unsaturated/α-hetero) is 1. The number of urea groups is 1. The lowest BCUT2D eigenvalue weighted by Crippen LogP contribution is -2.72. The second kappa shape index (κ2) is 6.61. The normalized spacial score (nSPS) is 26.0. The van der Waals surface area contributed by atoms with E-state index >= 15 is 0 Å². The van der Waals surface area contributed by atoms with Crippen LogP contribution in [0.2, 0.25) is 0 Å². The van der Waals surface area contributed by atoms with E-state index in [2.05, 4.69) is 5.32 Å². The molecule has 144 valence electrons. The van der Waals surface area contributed by atoms with E-state index < -0.39 is 41.5 Å². The molecule has 10 heteroatoms.